The number of aryl methyl sites for hydroxylation is 2. The van der Waals surface area contributed by atoms with E-state index >= 15 is 0 Å². The van der Waals surface area contributed by atoms with E-state index in [4.69, 9.17) is 5.11 Å². The van der Waals surface area contributed by atoms with Crippen molar-refractivity contribution in [1.82, 2.24) is 15.0 Å². The number of aliphatic carboxylic acids is 1. The van der Waals surface area contributed by atoms with Crippen LogP contribution in [0.5, 0.6) is 0 Å². The van der Waals surface area contributed by atoms with Crippen molar-refractivity contribution in [1.29, 1.82) is 0 Å². The first kappa shape index (κ1) is 11.3. The summed E-state index contributed by atoms with van der Waals surface area (Å²) < 4.78 is 0. The molecule has 2 aromatic heterocycles. The van der Waals surface area contributed by atoms with Crippen LogP contribution in [0.25, 0.3) is 11.3 Å². The highest BCUT2D eigenvalue weighted by Gasteiger charge is 2.09. The van der Waals surface area contributed by atoms with Crippen molar-refractivity contribution >= 4 is 5.97 Å². The molecule has 0 bridgehead atoms. The van der Waals surface area contributed by atoms with Gasteiger partial charge in [-0.15, -0.1) is 0 Å². The monoisotopic (exact) mass is 231 g/mol. The Bertz CT molecular complexity index is 520. The molecule has 0 aliphatic heterocycles. The molecule has 2 aromatic rings. The molecule has 0 unspecified atom stereocenters. The molecule has 2 N–H and O–H groups in total. The second kappa shape index (κ2) is 4.78. The highest BCUT2D eigenvalue weighted by atomic mass is 16.4. The van der Waals surface area contributed by atoms with Gasteiger partial charge in [-0.3, -0.25) is 9.78 Å². The third kappa shape index (κ3) is 2.69. The Morgan fingerprint density at radius 3 is 3.00 bits per heavy atom. The Labute approximate surface area is 98.6 Å². The molecular formula is C12H13N3O2. The van der Waals surface area contributed by atoms with E-state index in [0.29, 0.717) is 12.2 Å². The summed E-state index contributed by atoms with van der Waals surface area (Å²) in [5.41, 5.74) is 2.69. The van der Waals surface area contributed by atoms with Crippen molar-refractivity contribution in [3.05, 3.63) is 36.0 Å². The van der Waals surface area contributed by atoms with Crippen molar-refractivity contribution < 1.29 is 9.90 Å². The average Bonchev–Trinajstić information content (AvgIpc) is 2.69. The van der Waals surface area contributed by atoms with E-state index in [1.165, 1.54) is 0 Å². The molecule has 2 rings (SSSR count). The van der Waals surface area contributed by atoms with Gasteiger partial charge in [0.2, 0.25) is 0 Å². The highest BCUT2D eigenvalue weighted by Crippen LogP contribution is 2.20. The Kier molecular flexibility index (Phi) is 3.18. The van der Waals surface area contributed by atoms with Crippen LogP contribution in [-0.2, 0) is 11.2 Å². The first-order valence-corrected chi connectivity index (χ1v) is 5.34. The van der Waals surface area contributed by atoms with Crippen molar-refractivity contribution in [2.75, 3.05) is 0 Å². The third-order valence-electron chi connectivity index (χ3n) is 2.44. The van der Waals surface area contributed by atoms with E-state index in [9.17, 15) is 4.79 Å². The van der Waals surface area contributed by atoms with Crippen LogP contribution in [0, 0.1) is 6.92 Å². The van der Waals surface area contributed by atoms with Gasteiger partial charge in [0, 0.05) is 30.1 Å². The number of nitrogens with zero attached hydrogens (tertiary/aromatic N) is 2. The summed E-state index contributed by atoms with van der Waals surface area (Å²) in [6.45, 7) is 1.92. The van der Waals surface area contributed by atoms with Gasteiger partial charge in [0.25, 0.3) is 0 Å². The fourth-order valence-corrected chi connectivity index (χ4v) is 1.65. The molecule has 5 nitrogen and oxygen atoms in total. The maximum absolute atomic E-state index is 10.5. The Morgan fingerprint density at radius 1 is 1.53 bits per heavy atom. The number of aromatic nitrogens is 3. The van der Waals surface area contributed by atoms with Crippen LogP contribution in [0.15, 0.2) is 24.5 Å². The predicted molar refractivity (Wildman–Crippen MR) is 62.5 cm³/mol. The summed E-state index contributed by atoms with van der Waals surface area (Å²) in [6.07, 6.45) is 3.94. The second-order valence-electron chi connectivity index (χ2n) is 3.79. The molecule has 2 heterocycles. The standard InChI is InChI=1S/C12H13N3O2/c1-8-12(9-3-2-6-13-7-9)15-10(14-8)4-5-11(16)17/h2-3,6-7H,4-5H2,1H3,(H,14,15)(H,16,17). The van der Waals surface area contributed by atoms with Gasteiger partial charge in [-0.2, -0.15) is 0 Å². The van der Waals surface area contributed by atoms with Gasteiger partial charge in [-0.1, -0.05) is 0 Å². The number of hydrogen-bond acceptors (Lipinski definition) is 3. The molecular weight excluding hydrogens is 218 g/mol. The number of carboxylic acid groups (broad SMARTS) is 1. The van der Waals surface area contributed by atoms with Gasteiger partial charge in [0.1, 0.15) is 5.82 Å². The number of rotatable bonds is 4. The zero-order valence-corrected chi connectivity index (χ0v) is 9.47. The summed E-state index contributed by atoms with van der Waals surface area (Å²) in [7, 11) is 0. The number of imidazole rings is 1. The first-order valence-electron chi connectivity index (χ1n) is 5.34. The minimum absolute atomic E-state index is 0.0828. The smallest absolute Gasteiger partial charge is 0.303 e. The van der Waals surface area contributed by atoms with Crippen LogP contribution < -0.4 is 0 Å². The lowest BCUT2D eigenvalue weighted by atomic mass is 10.2. The summed E-state index contributed by atoms with van der Waals surface area (Å²) in [6, 6.07) is 3.78. The van der Waals surface area contributed by atoms with Gasteiger partial charge in [0.15, 0.2) is 0 Å². The van der Waals surface area contributed by atoms with E-state index in [0.717, 1.165) is 17.0 Å². The molecule has 0 fully saturated rings. The SMILES string of the molecule is Cc1[nH]c(CCC(=O)O)nc1-c1cccnc1. The zero-order chi connectivity index (χ0) is 12.3. The van der Waals surface area contributed by atoms with Crippen LogP contribution in [0.1, 0.15) is 17.9 Å². The molecule has 17 heavy (non-hydrogen) atoms. The number of nitrogens with one attached hydrogen (secondary N) is 1. The third-order valence-corrected chi connectivity index (χ3v) is 2.44. The topological polar surface area (TPSA) is 78.9 Å². The molecule has 0 aliphatic carbocycles. The average molecular weight is 231 g/mol. The Hall–Kier alpha value is -2.17. The number of carboxylic acids is 1. The zero-order valence-electron chi connectivity index (χ0n) is 9.47. The molecule has 88 valence electrons. The summed E-state index contributed by atoms with van der Waals surface area (Å²) >= 11 is 0. The lowest BCUT2D eigenvalue weighted by Crippen LogP contribution is -1.98. The quantitative estimate of drug-likeness (QED) is 0.840. The Balaban J connectivity index is 2.22. The molecule has 0 amide bonds. The van der Waals surface area contributed by atoms with Gasteiger partial charge >= 0.3 is 5.97 Å². The van der Waals surface area contributed by atoms with Crippen LogP contribution in [0.2, 0.25) is 0 Å². The van der Waals surface area contributed by atoms with E-state index in [2.05, 4.69) is 15.0 Å². The van der Waals surface area contributed by atoms with E-state index < -0.39 is 5.97 Å². The van der Waals surface area contributed by atoms with Crippen LogP contribution >= 0.6 is 0 Å². The van der Waals surface area contributed by atoms with E-state index in [1.54, 1.807) is 12.4 Å². The van der Waals surface area contributed by atoms with Gasteiger partial charge in [-0.25, -0.2) is 4.98 Å². The maximum atomic E-state index is 10.5. The van der Waals surface area contributed by atoms with Crippen molar-refractivity contribution in [3.63, 3.8) is 0 Å². The maximum Gasteiger partial charge on any atom is 0.303 e. The molecule has 0 atom stereocenters. The van der Waals surface area contributed by atoms with Gasteiger partial charge < -0.3 is 10.1 Å². The molecule has 5 heteroatoms. The lowest BCUT2D eigenvalue weighted by Gasteiger charge is -1.95. The fourth-order valence-electron chi connectivity index (χ4n) is 1.65. The summed E-state index contributed by atoms with van der Waals surface area (Å²) in [5, 5.41) is 8.62. The predicted octanol–water partition coefficient (Wildman–Crippen LogP) is 1.80. The van der Waals surface area contributed by atoms with Crippen LogP contribution in [0.3, 0.4) is 0 Å². The molecule has 0 aromatic carbocycles. The van der Waals surface area contributed by atoms with E-state index in [1.807, 2.05) is 19.1 Å². The number of H-pyrrole nitrogens is 1. The first-order chi connectivity index (χ1) is 8.16. The molecule has 0 spiro atoms. The number of pyridine rings is 1. The van der Waals surface area contributed by atoms with Crippen LogP contribution in [-0.4, -0.2) is 26.0 Å². The van der Waals surface area contributed by atoms with Gasteiger partial charge in [-0.05, 0) is 19.1 Å². The highest BCUT2D eigenvalue weighted by molar-refractivity contribution is 5.67. The summed E-state index contributed by atoms with van der Waals surface area (Å²) in [4.78, 5) is 22.0. The normalized spacial score (nSPS) is 10.4. The minimum Gasteiger partial charge on any atom is -0.481 e. The molecule has 0 aliphatic rings. The van der Waals surface area contributed by atoms with Crippen molar-refractivity contribution in [2.24, 2.45) is 0 Å². The molecule has 0 saturated heterocycles. The fraction of sp³-hybridized carbons (Fsp3) is 0.250. The van der Waals surface area contributed by atoms with Crippen molar-refractivity contribution in [2.45, 2.75) is 19.8 Å². The van der Waals surface area contributed by atoms with Crippen LogP contribution in [0.4, 0.5) is 0 Å². The number of hydrogen-bond donors (Lipinski definition) is 2. The van der Waals surface area contributed by atoms with Gasteiger partial charge in [0.05, 0.1) is 12.1 Å². The Morgan fingerprint density at radius 2 is 2.35 bits per heavy atom. The number of aromatic amines is 1. The minimum atomic E-state index is -0.818. The summed E-state index contributed by atoms with van der Waals surface area (Å²) in [5.74, 6) is -0.120. The second-order valence-corrected chi connectivity index (χ2v) is 3.79. The van der Waals surface area contributed by atoms with E-state index in [-0.39, 0.29) is 6.42 Å². The van der Waals surface area contributed by atoms with Crippen molar-refractivity contribution in [3.8, 4) is 11.3 Å². The molecule has 0 saturated carbocycles. The molecule has 0 radical (unpaired) electrons. The lowest BCUT2D eigenvalue weighted by molar-refractivity contribution is -0.137. The number of carbonyl (C=O) groups is 1. The largest absolute Gasteiger partial charge is 0.481 e.